The van der Waals surface area contributed by atoms with Crippen LogP contribution in [0.15, 0.2) is 47.4 Å². The lowest BCUT2D eigenvalue weighted by Gasteiger charge is -2.17. The van der Waals surface area contributed by atoms with Crippen molar-refractivity contribution in [1.29, 1.82) is 0 Å². The van der Waals surface area contributed by atoms with Gasteiger partial charge in [-0.2, -0.15) is 26.3 Å². The van der Waals surface area contributed by atoms with E-state index in [1.807, 2.05) is 6.26 Å². The molecule has 3 aromatic rings. The summed E-state index contributed by atoms with van der Waals surface area (Å²) in [4.78, 5) is 13.8. The van der Waals surface area contributed by atoms with Crippen molar-refractivity contribution < 1.29 is 35.9 Å². The van der Waals surface area contributed by atoms with Gasteiger partial charge < -0.3 is 10.1 Å². The number of hydrogen-bond acceptors (Lipinski definition) is 5. The zero-order chi connectivity index (χ0) is 25.3. The van der Waals surface area contributed by atoms with Crippen molar-refractivity contribution in [3.05, 3.63) is 70.4 Å². The normalized spacial score (nSPS) is 11.9. The highest BCUT2D eigenvalue weighted by Crippen LogP contribution is 2.37. The van der Waals surface area contributed by atoms with E-state index in [2.05, 4.69) is 15.5 Å². The summed E-state index contributed by atoms with van der Waals surface area (Å²) in [6.45, 7) is 2.36. The molecule has 0 spiro atoms. The summed E-state index contributed by atoms with van der Waals surface area (Å²) in [5, 5.41) is 9.08. The number of ether oxygens (including phenoxy) is 1. The van der Waals surface area contributed by atoms with Gasteiger partial charge in [0.25, 0.3) is 11.8 Å². The maximum absolute atomic E-state index is 13.4. The van der Waals surface area contributed by atoms with E-state index in [1.165, 1.54) is 18.7 Å². The first-order valence-electron chi connectivity index (χ1n) is 9.57. The minimum absolute atomic E-state index is 0.0354. The predicted octanol–water partition coefficient (Wildman–Crippen LogP) is 6.90. The van der Waals surface area contributed by atoms with Crippen molar-refractivity contribution in [3.8, 4) is 11.6 Å². The van der Waals surface area contributed by atoms with E-state index >= 15 is 0 Å². The highest BCUT2D eigenvalue weighted by Gasteiger charge is 2.38. The standard InChI is InChI=1S/C22H17F6N3O2S/c1-11-9-13(21(23,24)25)7-8-16(11)33-20-17(12(2)18(30-31-20)22(26,27)28)19(32)29-14-5-4-6-15(10-14)34-3/h4-10H,1-3H3,(H,29,32). The molecule has 1 amide bonds. The van der Waals surface area contributed by atoms with Crippen LogP contribution in [0.3, 0.4) is 0 Å². The second-order valence-corrected chi connectivity index (χ2v) is 8.00. The van der Waals surface area contributed by atoms with Gasteiger partial charge in [0, 0.05) is 10.6 Å². The van der Waals surface area contributed by atoms with Crippen LogP contribution in [0, 0.1) is 13.8 Å². The Balaban J connectivity index is 2.05. The number of carbonyl (C=O) groups is 1. The number of nitrogens with zero attached hydrogens (tertiary/aromatic N) is 2. The van der Waals surface area contributed by atoms with Crippen LogP contribution in [0.2, 0.25) is 0 Å². The van der Waals surface area contributed by atoms with Gasteiger partial charge in [0.1, 0.15) is 11.3 Å². The van der Waals surface area contributed by atoms with Crippen LogP contribution in [-0.4, -0.2) is 22.4 Å². The topological polar surface area (TPSA) is 64.1 Å². The lowest BCUT2D eigenvalue weighted by molar-refractivity contribution is -0.142. The zero-order valence-corrected chi connectivity index (χ0v) is 18.7. The molecule has 0 radical (unpaired) electrons. The van der Waals surface area contributed by atoms with Crippen LogP contribution >= 0.6 is 11.8 Å². The van der Waals surface area contributed by atoms with Crippen molar-refractivity contribution in [3.63, 3.8) is 0 Å². The fraction of sp³-hybridized carbons (Fsp3) is 0.227. The summed E-state index contributed by atoms with van der Waals surface area (Å²) in [5.41, 5.74) is -3.05. The van der Waals surface area contributed by atoms with E-state index in [-0.39, 0.29) is 11.3 Å². The molecule has 0 saturated heterocycles. The third-order valence-electron chi connectivity index (χ3n) is 4.72. The predicted molar refractivity (Wildman–Crippen MR) is 114 cm³/mol. The molecule has 1 N–H and O–H groups in total. The Bertz CT molecular complexity index is 1230. The van der Waals surface area contributed by atoms with Crippen LogP contribution in [0.25, 0.3) is 0 Å². The van der Waals surface area contributed by atoms with Crippen molar-refractivity contribution in [1.82, 2.24) is 10.2 Å². The first-order chi connectivity index (χ1) is 15.8. The molecule has 0 saturated carbocycles. The van der Waals surface area contributed by atoms with Crippen LogP contribution in [0.4, 0.5) is 32.0 Å². The average Bonchev–Trinajstić information content (AvgIpc) is 2.73. The molecule has 0 atom stereocenters. The summed E-state index contributed by atoms with van der Waals surface area (Å²) in [7, 11) is 0. The zero-order valence-electron chi connectivity index (χ0n) is 17.9. The lowest BCUT2D eigenvalue weighted by atomic mass is 10.1. The van der Waals surface area contributed by atoms with E-state index in [9.17, 15) is 31.1 Å². The molecule has 34 heavy (non-hydrogen) atoms. The molecule has 5 nitrogen and oxygen atoms in total. The average molecular weight is 501 g/mol. The van der Waals surface area contributed by atoms with Crippen LogP contribution in [0.5, 0.6) is 11.6 Å². The summed E-state index contributed by atoms with van der Waals surface area (Å²) in [5.74, 6) is -1.65. The summed E-state index contributed by atoms with van der Waals surface area (Å²) in [6, 6.07) is 9.17. The molecule has 0 fully saturated rings. The fourth-order valence-electron chi connectivity index (χ4n) is 3.05. The Morgan fingerprint density at radius 1 is 0.971 bits per heavy atom. The maximum Gasteiger partial charge on any atom is 0.435 e. The van der Waals surface area contributed by atoms with Gasteiger partial charge in [-0.3, -0.25) is 4.79 Å². The highest BCUT2D eigenvalue weighted by molar-refractivity contribution is 7.98. The molecule has 0 unspecified atom stereocenters. The van der Waals surface area contributed by atoms with Gasteiger partial charge in [0.2, 0.25) is 0 Å². The Hall–Kier alpha value is -3.28. The number of aromatic nitrogens is 2. The van der Waals surface area contributed by atoms with E-state index in [1.54, 1.807) is 24.3 Å². The molecule has 12 heteroatoms. The number of halogens is 6. The number of nitrogens with one attached hydrogen (secondary N) is 1. The van der Waals surface area contributed by atoms with Gasteiger partial charge in [0.15, 0.2) is 5.69 Å². The third kappa shape index (κ3) is 5.61. The number of rotatable bonds is 5. The van der Waals surface area contributed by atoms with Gasteiger partial charge >= 0.3 is 12.4 Å². The van der Waals surface area contributed by atoms with Gasteiger partial charge in [-0.15, -0.1) is 22.0 Å². The Morgan fingerprint density at radius 3 is 2.26 bits per heavy atom. The highest BCUT2D eigenvalue weighted by atomic mass is 32.2. The van der Waals surface area contributed by atoms with E-state index in [0.29, 0.717) is 5.69 Å². The molecular formula is C22H17F6N3O2S. The minimum atomic E-state index is -4.90. The van der Waals surface area contributed by atoms with Crippen molar-refractivity contribution >= 4 is 23.4 Å². The molecule has 2 aromatic carbocycles. The minimum Gasteiger partial charge on any atom is -0.437 e. The first kappa shape index (κ1) is 25.3. The Kier molecular flexibility index (Phi) is 7.10. The molecule has 0 aliphatic carbocycles. The number of alkyl halides is 6. The van der Waals surface area contributed by atoms with Gasteiger partial charge in [0.05, 0.1) is 5.56 Å². The first-order valence-corrected chi connectivity index (χ1v) is 10.8. The van der Waals surface area contributed by atoms with Gasteiger partial charge in [-0.05, 0) is 67.6 Å². The molecule has 1 aromatic heterocycles. The van der Waals surface area contributed by atoms with Gasteiger partial charge in [-0.25, -0.2) is 0 Å². The molecule has 3 rings (SSSR count). The molecule has 0 aliphatic heterocycles. The molecule has 0 bridgehead atoms. The largest absolute Gasteiger partial charge is 0.437 e. The van der Waals surface area contributed by atoms with Crippen LogP contribution < -0.4 is 10.1 Å². The molecular weight excluding hydrogens is 484 g/mol. The number of aryl methyl sites for hydroxylation is 1. The Morgan fingerprint density at radius 2 is 1.68 bits per heavy atom. The van der Waals surface area contributed by atoms with Crippen molar-refractivity contribution in [2.75, 3.05) is 11.6 Å². The summed E-state index contributed by atoms with van der Waals surface area (Å²) in [6.07, 6.45) is -7.68. The quantitative estimate of drug-likeness (QED) is 0.304. The fourth-order valence-corrected chi connectivity index (χ4v) is 3.51. The number of thioether (sulfide) groups is 1. The number of benzene rings is 2. The number of anilines is 1. The van der Waals surface area contributed by atoms with Crippen LogP contribution in [0.1, 0.15) is 32.7 Å². The monoisotopic (exact) mass is 501 g/mol. The third-order valence-corrected chi connectivity index (χ3v) is 5.44. The summed E-state index contributed by atoms with van der Waals surface area (Å²) >= 11 is 1.40. The van der Waals surface area contributed by atoms with E-state index in [4.69, 9.17) is 4.74 Å². The number of amides is 1. The summed E-state index contributed by atoms with van der Waals surface area (Å²) < 4.78 is 84.6. The van der Waals surface area contributed by atoms with Gasteiger partial charge in [-0.1, -0.05) is 6.07 Å². The SMILES string of the molecule is CSc1cccc(NC(=O)c2c(Oc3ccc(C(F)(F)F)cc3C)nnc(C(F)(F)F)c2C)c1. The molecule has 1 heterocycles. The lowest BCUT2D eigenvalue weighted by Crippen LogP contribution is -2.21. The Labute approximate surface area is 194 Å². The molecule has 180 valence electrons. The number of hydrogen-bond donors (Lipinski definition) is 1. The van der Waals surface area contributed by atoms with Crippen molar-refractivity contribution in [2.24, 2.45) is 0 Å². The molecule has 0 aliphatic rings. The smallest absolute Gasteiger partial charge is 0.435 e. The van der Waals surface area contributed by atoms with Crippen LogP contribution in [-0.2, 0) is 12.4 Å². The van der Waals surface area contributed by atoms with Crippen molar-refractivity contribution in [2.45, 2.75) is 31.1 Å². The second-order valence-electron chi connectivity index (χ2n) is 7.12. The van der Waals surface area contributed by atoms with E-state index in [0.717, 1.165) is 30.0 Å². The second kappa shape index (κ2) is 9.53. The van der Waals surface area contributed by atoms with E-state index < -0.39 is 46.5 Å². The number of carbonyl (C=O) groups excluding carboxylic acids is 1. The maximum atomic E-state index is 13.4.